The number of halogens is 3. The molecule has 9 rings (SSSR count). The van der Waals surface area contributed by atoms with E-state index in [1.54, 1.807) is 31.3 Å². The second kappa shape index (κ2) is 24.8. The number of aromatic nitrogens is 2. The van der Waals surface area contributed by atoms with Gasteiger partial charge in [-0.3, -0.25) is 29.2 Å². The van der Waals surface area contributed by atoms with Crippen molar-refractivity contribution in [2.24, 2.45) is 22.7 Å². The van der Waals surface area contributed by atoms with Crippen LogP contribution in [0.15, 0.2) is 43.1 Å². The van der Waals surface area contributed by atoms with Crippen molar-refractivity contribution in [3.63, 3.8) is 0 Å². The summed E-state index contributed by atoms with van der Waals surface area (Å²) in [6.07, 6.45) is 0.850. The fraction of sp³-hybridized carbons (Fsp3) is 0.661. The van der Waals surface area contributed by atoms with Crippen LogP contribution in [0.4, 0.5) is 29.3 Å². The minimum atomic E-state index is -4.61. The van der Waals surface area contributed by atoms with Crippen LogP contribution >= 0.6 is 0 Å². The minimum absolute atomic E-state index is 0.0703. The van der Waals surface area contributed by atoms with Gasteiger partial charge in [-0.2, -0.15) is 13.2 Å². The predicted octanol–water partition coefficient (Wildman–Crippen LogP) is 5.75. The van der Waals surface area contributed by atoms with E-state index < -0.39 is 65.9 Å². The molecule has 6 bridgehead atoms. The number of alkyl halides is 3. The quantitative estimate of drug-likeness (QED) is 0.135. The molecule has 5 amide bonds. The maximum absolute atomic E-state index is 15.2. The van der Waals surface area contributed by atoms with E-state index in [9.17, 15) is 19.2 Å². The monoisotopic (exact) mass is 1160 g/mol. The summed E-state index contributed by atoms with van der Waals surface area (Å²) in [5.74, 6) is -2.80. The zero-order valence-electron chi connectivity index (χ0n) is 49.0. The molecular formula is C59H83F3N11O8Si. The minimum Gasteiger partial charge on any atom is -0.464 e. The molecule has 0 aliphatic carbocycles. The number of anilines is 2. The summed E-state index contributed by atoms with van der Waals surface area (Å²) in [7, 11) is 9.05. The first kappa shape index (κ1) is 60.8. The van der Waals surface area contributed by atoms with Gasteiger partial charge >= 0.3 is 18.2 Å². The molecule has 23 heteroatoms. The molecule has 6 aliphatic rings. The Morgan fingerprint density at radius 1 is 0.988 bits per heavy atom. The van der Waals surface area contributed by atoms with Crippen molar-refractivity contribution in [1.82, 2.24) is 44.9 Å². The van der Waals surface area contributed by atoms with Gasteiger partial charge in [-0.05, 0) is 106 Å². The first-order valence-electron chi connectivity index (χ1n) is 29.1. The normalized spacial score (nSPS) is 24.1. The highest BCUT2D eigenvalue weighted by molar-refractivity contribution is 6.15. The van der Waals surface area contributed by atoms with Crippen LogP contribution < -0.4 is 20.5 Å². The van der Waals surface area contributed by atoms with Gasteiger partial charge in [0, 0.05) is 119 Å². The Balaban J connectivity index is 1.04. The maximum atomic E-state index is 15.2. The molecule has 1 aromatic carbocycles. The number of hydrazine groups is 1. The van der Waals surface area contributed by atoms with Crippen LogP contribution in [-0.4, -0.2) is 211 Å². The number of esters is 1. The summed E-state index contributed by atoms with van der Waals surface area (Å²) < 4.78 is 65.3. The number of carbonyl (C=O) groups is 5. The van der Waals surface area contributed by atoms with E-state index in [0.29, 0.717) is 98.6 Å². The number of likely N-dealkylation sites (N-methyl/N-ethyl adjacent to an activating group) is 2. The van der Waals surface area contributed by atoms with E-state index in [4.69, 9.17) is 19.2 Å². The number of methoxy groups -OCH3 is 1. The van der Waals surface area contributed by atoms with Gasteiger partial charge < -0.3 is 53.5 Å². The number of urea groups is 1. The van der Waals surface area contributed by atoms with Gasteiger partial charge in [0.05, 0.1) is 64.9 Å². The van der Waals surface area contributed by atoms with E-state index in [0.717, 1.165) is 43.7 Å². The van der Waals surface area contributed by atoms with Crippen molar-refractivity contribution < 1.29 is 51.4 Å². The van der Waals surface area contributed by atoms with Crippen molar-refractivity contribution in [3.05, 3.63) is 54.4 Å². The lowest BCUT2D eigenvalue weighted by Crippen LogP contribution is -2.61. The lowest BCUT2D eigenvalue weighted by Gasteiger charge is -2.42. The number of hydrogen-bond acceptors (Lipinski definition) is 13. The lowest BCUT2D eigenvalue weighted by atomic mass is 9.78. The first-order valence-corrected chi connectivity index (χ1v) is 29.7. The SMILES string of the molecule is C=CC(=O)N1CCC2(CCN(C(=O)N(C)[C@H](C(=O)N[C@H]([Si])[C@H]3C[C@H]4CN(CCO4)c4ccc5c(c4)c(c(-c4cc(N6CCN(C)CC6)cnc4[C@H](C)OC)n5CC(F)(F)F)CC(C)(C)COC(=O)[C@@H]4CCCN(N4)C3=O)C(C)C)CC2)C1. The van der Waals surface area contributed by atoms with Crippen molar-refractivity contribution in [2.75, 3.05) is 116 Å². The Hall–Kier alpha value is -5.75. The lowest BCUT2D eigenvalue weighted by molar-refractivity contribution is -0.156. The summed E-state index contributed by atoms with van der Waals surface area (Å²) in [5.41, 5.74) is 5.24. The second-order valence-electron chi connectivity index (χ2n) is 24.8. The Morgan fingerprint density at radius 3 is 2.37 bits per heavy atom. The van der Waals surface area contributed by atoms with Crippen LogP contribution in [0.3, 0.4) is 0 Å². The summed E-state index contributed by atoms with van der Waals surface area (Å²) in [5, 5.41) is 5.11. The molecule has 2 aromatic heterocycles. The molecule has 8 heterocycles. The number of piperidine rings is 1. The Kier molecular flexibility index (Phi) is 18.4. The third kappa shape index (κ3) is 13.3. The number of nitrogens with zero attached hydrogens (tertiary/aromatic N) is 9. The molecule has 447 valence electrons. The van der Waals surface area contributed by atoms with E-state index >= 15 is 18.0 Å². The molecule has 0 unspecified atom stereocenters. The Morgan fingerprint density at radius 2 is 1.70 bits per heavy atom. The molecule has 0 saturated carbocycles. The van der Waals surface area contributed by atoms with Crippen LogP contribution in [0.2, 0.25) is 0 Å². The number of benzene rings is 1. The number of amides is 5. The number of pyridine rings is 1. The zero-order valence-corrected chi connectivity index (χ0v) is 50.0. The van der Waals surface area contributed by atoms with Gasteiger partial charge in [-0.15, -0.1) is 0 Å². The van der Waals surface area contributed by atoms with Crippen LogP contribution in [0.25, 0.3) is 22.2 Å². The van der Waals surface area contributed by atoms with Crippen molar-refractivity contribution in [3.8, 4) is 11.3 Å². The third-order valence-corrected chi connectivity index (χ3v) is 18.5. The molecule has 3 radical (unpaired) electrons. The number of piperazine rings is 1. The van der Waals surface area contributed by atoms with E-state index in [1.807, 2.05) is 57.7 Å². The summed E-state index contributed by atoms with van der Waals surface area (Å²) in [6, 6.07) is 5.38. The highest BCUT2D eigenvalue weighted by Gasteiger charge is 2.45. The predicted molar refractivity (Wildman–Crippen MR) is 307 cm³/mol. The smallest absolute Gasteiger partial charge is 0.406 e. The fourth-order valence-electron chi connectivity index (χ4n) is 13.2. The first-order chi connectivity index (χ1) is 38.9. The van der Waals surface area contributed by atoms with Gasteiger partial charge in [-0.1, -0.05) is 34.3 Å². The highest BCUT2D eigenvalue weighted by atomic mass is 28.1. The van der Waals surface area contributed by atoms with Gasteiger partial charge in [0.2, 0.25) is 17.7 Å². The molecule has 5 fully saturated rings. The van der Waals surface area contributed by atoms with Crippen molar-refractivity contribution >= 4 is 62.2 Å². The number of cyclic esters (lactones) is 1. The van der Waals surface area contributed by atoms with E-state index in [-0.39, 0.29) is 61.8 Å². The highest BCUT2D eigenvalue weighted by Crippen LogP contribution is 2.45. The number of carbonyl (C=O) groups excluding carboxylic acids is 5. The van der Waals surface area contributed by atoms with Gasteiger partial charge in [0.25, 0.3) is 0 Å². The molecule has 6 atom stereocenters. The number of nitrogens with one attached hydrogen (secondary N) is 2. The largest absolute Gasteiger partial charge is 0.464 e. The van der Waals surface area contributed by atoms with Crippen molar-refractivity contribution in [1.29, 1.82) is 0 Å². The number of fused-ring (bicyclic) bond motifs is 6. The van der Waals surface area contributed by atoms with E-state index in [2.05, 4.69) is 49.3 Å². The number of morpholine rings is 1. The van der Waals surface area contributed by atoms with Gasteiger partial charge in [0.15, 0.2) is 0 Å². The summed E-state index contributed by atoms with van der Waals surface area (Å²) >= 11 is 0. The topological polar surface area (TPSA) is 178 Å². The second-order valence-corrected chi connectivity index (χ2v) is 25.5. The molecule has 5 saturated heterocycles. The average molecular weight is 1160 g/mol. The Bertz CT molecular complexity index is 2850. The summed E-state index contributed by atoms with van der Waals surface area (Å²) in [6.45, 7) is 18.3. The molecular weight excluding hydrogens is 1080 g/mol. The maximum Gasteiger partial charge on any atom is 0.406 e. The molecule has 82 heavy (non-hydrogen) atoms. The zero-order chi connectivity index (χ0) is 59.0. The molecule has 1 spiro atoms. The summed E-state index contributed by atoms with van der Waals surface area (Å²) in [4.78, 5) is 87.1. The molecule has 2 N–H and O–H groups in total. The molecule has 3 aromatic rings. The molecule has 6 aliphatic heterocycles. The van der Waals surface area contributed by atoms with Crippen LogP contribution in [0, 0.1) is 22.7 Å². The average Bonchev–Trinajstić information content (AvgIpc) is 2.48. The van der Waals surface area contributed by atoms with E-state index in [1.165, 1.54) is 20.6 Å². The van der Waals surface area contributed by atoms with Crippen molar-refractivity contribution in [2.45, 2.75) is 122 Å². The number of ether oxygens (including phenoxy) is 3. The number of hydrogen-bond donors (Lipinski definition) is 2. The van der Waals surface area contributed by atoms with Gasteiger partial charge in [0.1, 0.15) is 18.6 Å². The molecule has 19 nitrogen and oxygen atoms in total. The van der Waals surface area contributed by atoms with Crippen LogP contribution in [0.5, 0.6) is 0 Å². The van der Waals surface area contributed by atoms with Crippen LogP contribution in [0.1, 0.15) is 90.5 Å². The van der Waals surface area contributed by atoms with Gasteiger partial charge in [-0.25, -0.2) is 10.2 Å². The van der Waals surface area contributed by atoms with Crippen LogP contribution in [-0.2, 0) is 46.4 Å². The standard InChI is InChI=1S/C59H83F3N11O8Si/c1-10-48(74)71-21-17-58(34-71)15-19-69(20-16-58)56(78)67(8)50(37(2)3)52(75)64-53(82)44-30-41-33-70(26-27-80-41)39-13-14-47-42(28-39)45(31-57(5,6)36-81-55(77)46-12-11-18-73(65-46)54(44)76)51(72(47)35-59(60,61)62)43-29-40(32-63-49(43)38(4)79-9)68-24-22-66(7)23-25-68/h10,13-14,28-29,32,37-38,41,44,46,50,53,65H,1,11-12,15-27,30-31,33-36H2,2-9H3,(H,64,75)/t38-,41-,44+,46-,50-,53+/m0/s1. The Labute approximate surface area is 483 Å². The third-order valence-electron chi connectivity index (χ3n) is 17.9. The number of rotatable bonds is 11. The number of likely N-dealkylation sites (tertiary alicyclic amines) is 2. The fourth-order valence-corrected chi connectivity index (χ4v) is 13.6.